The minimum Gasteiger partial charge on any atom is -0.305 e. The number of nitrogens with one attached hydrogen (secondary N) is 1. The first-order chi connectivity index (χ1) is 9.38. The summed E-state index contributed by atoms with van der Waals surface area (Å²) in [6.45, 7) is 4.91. The standard InChI is InChI=1S/C14H18N2O2S2/c1-10-7-8-19-14(10)11(2)16-9-12-3-5-13(6-4-12)20(15,17)18/h3-8,11,16H,9H2,1-2H3,(H2,15,17,18). The van der Waals surface area contributed by atoms with E-state index >= 15 is 0 Å². The molecule has 3 N–H and O–H groups in total. The van der Waals surface area contributed by atoms with Gasteiger partial charge >= 0.3 is 0 Å². The molecule has 1 aromatic heterocycles. The van der Waals surface area contributed by atoms with Crippen molar-refractivity contribution in [2.24, 2.45) is 5.14 Å². The molecule has 0 saturated heterocycles. The van der Waals surface area contributed by atoms with Crippen LogP contribution in [0.5, 0.6) is 0 Å². The molecule has 6 heteroatoms. The lowest BCUT2D eigenvalue weighted by Gasteiger charge is -2.13. The number of hydrogen-bond acceptors (Lipinski definition) is 4. The second kappa shape index (κ2) is 6.05. The first kappa shape index (κ1) is 15.2. The summed E-state index contributed by atoms with van der Waals surface area (Å²) in [6, 6.07) is 9.01. The van der Waals surface area contributed by atoms with Gasteiger partial charge in [-0.2, -0.15) is 0 Å². The van der Waals surface area contributed by atoms with Crippen molar-refractivity contribution in [3.8, 4) is 0 Å². The Morgan fingerprint density at radius 3 is 2.40 bits per heavy atom. The Morgan fingerprint density at radius 1 is 1.25 bits per heavy atom. The predicted octanol–water partition coefficient (Wildman–Crippen LogP) is 2.55. The molecule has 1 unspecified atom stereocenters. The number of thiophene rings is 1. The van der Waals surface area contributed by atoms with Crippen molar-refractivity contribution in [1.29, 1.82) is 0 Å². The summed E-state index contributed by atoms with van der Waals surface area (Å²) in [5.74, 6) is 0. The molecule has 0 aliphatic rings. The molecule has 0 radical (unpaired) electrons. The number of primary sulfonamides is 1. The third-order valence-electron chi connectivity index (χ3n) is 3.16. The maximum atomic E-state index is 11.2. The molecule has 0 spiro atoms. The summed E-state index contributed by atoms with van der Waals surface area (Å²) in [4.78, 5) is 1.47. The topological polar surface area (TPSA) is 72.2 Å². The molecule has 0 aliphatic heterocycles. The molecule has 0 aliphatic carbocycles. The van der Waals surface area contributed by atoms with E-state index in [1.165, 1.54) is 22.6 Å². The molecule has 0 bridgehead atoms. The molecule has 1 atom stereocenters. The van der Waals surface area contributed by atoms with Gasteiger partial charge in [-0.15, -0.1) is 11.3 Å². The molecule has 1 heterocycles. The van der Waals surface area contributed by atoms with Crippen LogP contribution in [0.1, 0.15) is 29.0 Å². The largest absolute Gasteiger partial charge is 0.305 e. The monoisotopic (exact) mass is 310 g/mol. The summed E-state index contributed by atoms with van der Waals surface area (Å²) in [7, 11) is -3.61. The number of sulfonamides is 1. The van der Waals surface area contributed by atoms with Crippen molar-refractivity contribution < 1.29 is 8.42 Å². The molecule has 2 aromatic rings. The highest BCUT2D eigenvalue weighted by Crippen LogP contribution is 2.23. The van der Waals surface area contributed by atoms with Gasteiger partial charge in [-0.3, -0.25) is 0 Å². The van der Waals surface area contributed by atoms with Crippen molar-refractivity contribution in [2.45, 2.75) is 31.3 Å². The van der Waals surface area contributed by atoms with Gasteiger partial charge in [0.2, 0.25) is 10.0 Å². The van der Waals surface area contributed by atoms with Gasteiger partial charge in [-0.1, -0.05) is 12.1 Å². The number of hydrogen-bond donors (Lipinski definition) is 2. The van der Waals surface area contributed by atoms with Crippen molar-refractivity contribution in [3.05, 3.63) is 51.7 Å². The third kappa shape index (κ3) is 3.67. The van der Waals surface area contributed by atoms with Crippen LogP contribution in [-0.2, 0) is 16.6 Å². The van der Waals surface area contributed by atoms with Crippen LogP contribution in [0.4, 0.5) is 0 Å². The highest BCUT2D eigenvalue weighted by atomic mass is 32.2. The fourth-order valence-electron chi connectivity index (χ4n) is 1.99. The van der Waals surface area contributed by atoms with Gasteiger partial charge in [-0.05, 0) is 48.6 Å². The van der Waals surface area contributed by atoms with Crippen LogP contribution in [-0.4, -0.2) is 8.42 Å². The van der Waals surface area contributed by atoms with Crippen LogP contribution < -0.4 is 10.5 Å². The quantitative estimate of drug-likeness (QED) is 0.891. The Morgan fingerprint density at radius 2 is 1.90 bits per heavy atom. The van der Waals surface area contributed by atoms with E-state index < -0.39 is 10.0 Å². The zero-order chi connectivity index (χ0) is 14.8. The molecule has 20 heavy (non-hydrogen) atoms. The summed E-state index contributed by atoms with van der Waals surface area (Å²) in [5, 5.41) is 10.6. The summed E-state index contributed by atoms with van der Waals surface area (Å²) in [6.07, 6.45) is 0. The van der Waals surface area contributed by atoms with Crippen molar-refractivity contribution in [2.75, 3.05) is 0 Å². The molecule has 0 fully saturated rings. The zero-order valence-corrected chi connectivity index (χ0v) is 13.1. The van der Waals surface area contributed by atoms with Crippen molar-refractivity contribution in [1.82, 2.24) is 5.32 Å². The maximum absolute atomic E-state index is 11.2. The highest BCUT2D eigenvalue weighted by Gasteiger charge is 2.10. The van der Waals surface area contributed by atoms with Crippen molar-refractivity contribution >= 4 is 21.4 Å². The average Bonchev–Trinajstić information content (AvgIpc) is 2.82. The lowest BCUT2D eigenvalue weighted by atomic mass is 10.1. The lowest BCUT2D eigenvalue weighted by Crippen LogP contribution is -2.18. The molecule has 0 saturated carbocycles. The first-order valence-corrected chi connectivity index (χ1v) is 8.69. The minimum atomic E-state index is -3.61. The number of nitrogens with two attached hydrogens (primary N) is 1. The van der Waals surface area contributed by atoms with E-state index in [0.29, 0.717) is 6.54 Å². The Kier molecular flexibility index (Phi) is 4.59. The van der Waals surface area contributed by atoms with E-state index in [4.69, 9.17) is 5.14 Å². The van der Waals surface area contributed by atoms with Crippen LogP contribution in [0.3, 0.4) is 0 Å². The predicted molar refractivity (Wildman–Crippen MR) is 82.1 cm³/mol. The van der Waals surface area contributed by atoms with E-state index in [0.717, 1.165) is 5.56 Å². The van der Waals surface area contributed by atoms with Gasteiger partial charge in [0.15, 0.2) is 0 Å². The number of aryl methyl sites for hydroxylation is 1. The molecular formula is C14H18N2O2S2. The molecule has 4 nitrogen and oxygen atoms in total. The van der Waals surface area contributed by atoms with E-state index in [1.54, 1.807) is 23.5 Å². The lowest BCUT2D eigenvalue weighted by molar-refractivity contribution is 0.580. The number of rotatable bonds is 5. The van der Waals surface area contributed by atoms with E-state index in [2.05, 4.69) is 30.6 Å². The normalized spacial score (nSPS) is 13.3. The summed E-state index contributed by atoms with van der Waals surface area (Å²) >= 11 is 1.74. The highest BCUT2D eigenvalue weighted by molar-refractivity contribution is 7.89. The second-order valence-corrected chi connectivity index (χ2v) is 7.27. The molecule has 2 rings (SSSR count). The van der Waals surface area contributed by atoms with E-state index in [9.17, 15) is 8.42 Å². The molecular weight excluding hydrogens is 292 g/mol. The van der Waals surface area contributed by atoms with Gasteiger partial charge in [-0.25, -0.2) is 13.6 Å². The fraction of sp³-hybridized carbons (Fsp3) is 0.286. The van der Waals surface area contributed by atoms with Crippen LogP contribution in [0.15, 0.2) is 40.6 Å². The smallest absolute Gasteiger partial charge is 0.238 e. The van der Waals surface area contributed by atoms with Crippen LogP contribution in [0.25, 0.3) is 0 Å². The summed E-state index contributed by atoms with van der Waals surface area (Å²) in [5.41, 5.74) is 2.32. The van der Waals surface area contributed by atoms with Crippen molar-refractivity contribution in [3.63, 3.8) is 0 Å². The van der Waals surface area contributed by atoms with E-state index in [1.807, 2.05) is 0 Å². The fourth-order valence-corrected chi connectivity index (χ4v) is 3.46. The van der Waals surface area contributed by atoms with E-state index in [-0.39, 0.29) is 10.9 Å². The molecule has 108 valence electrons. The zero-order valence-electron chi connectivity index (χ0n) is 11.5. The van der Waals surface area contributed by atoms with Crippen LogP contribution in [0.2, 0.25) is 0 Å². The Balaban J connectivity index is 2.00. The Labute approximate surface area is 123 Å². The Bertz CT molecular complexity index is 675. The van der Waals surface area contributed by atoms with Gasteiger partial charge < -0.3 is 5.32 Å². The van der Waals surface area contributed by atoms with Crippen LogP contribution in [0, 0.1) is 6.92 Å². The summed E-state index contributed by atoms with van der Waals surface area (Å²) < 4.78 is 22.3. The van der Waals surface area contributed by atoms with Gasteiger partial charge in [0.1, 0.15) is 0 Å². The van der Waals surface area contributed by atoms with Gasteiger partial charge in [0, 0.05) is 17.5 Å². The van der Waals surface area contributed by atoms with Gasteiger partial charge in [0.25, 0.3) is 0 Å². The molecule has 0 amide bonds. The number of benzene rings is 1. The second-order valence-electron chi connectivity index (χ2n) is 4.76. The SMILES string of the molecule is Cc1ccsc1C(C)NCc1ccc(S(N)(=O)=O)cc1. The average molecular weight is 310 g/mol. The first-order valence-electron chi connectivity index (χ1n) is 6.27. The molecule has 1 aromatic carbocycles. The van der Waals surface area contributed by atoms with Crippen LogP contribution >= 0.6 is 11.3 Å². The Hall–Kier alpha value is -1.21. The maximum Gasteiger partial charge on any atom is 0.238 e. The minimum absolute atomic E-state index is 0.142. The van der Waals surface area contributed by atoms with Gasteiger partial charge in [0.05, 0.1) is 4.90 Å². The third-order valence-corrected chi connectivity index (χ3v) is 5.29.